The molecule has 34 heavy (non-hydrogen) atoms. The van der Waals surface area contributed by atoms with Crippen molar-refractivity contribution in [2.75, 3.05) is 26.4 Å². The first-order valence-electron chi connectivity index (χ1n) is 11.5. The molecule has 2 aromatic carbocycles. The summed E-state index contributed by atoms with van der Waals surface area (Å²) >= 11 is 0. The minimum Gasteiger partial charge on any atom is -0.481 e. The molecule has 8 heteroatoms. The van der Waals surface area contributed by atoms with Crippen LogP contribution in [0.5, 0.6) is 0 Å². The summed E-state index contributed by atoms with van der Waals surface area (Å²) in [4.78, 5) is 38.2. The third-order valence-corrected chi connectivity index (χ3v) is 6.34. The lowest BCUT2D eigenvalue weighted by Crippen LogP contribution is -2.53. The van der Waals surface area contributed by atoms with E-state index in [-0.39, 0.29) is 37.9 Å². The maximum atomic E-state index is 12.9. The van der Waals surface area contributed by atoms with Gasteiger partial charge in [0.25, 0.3) is 0 Å². The van der Waals surface area contributed by atoms with Gasteiger partial charge in [-0.15, -0.1) is 0 Å². The number of amides is 2. The lowest BCUT2D eigenvalue weighted by molar-refractivity contribution is -0.147. The van der Waals surface area contributed by atoms with Gasteiger partial charge in [-0.3, -0.25) is 9.59 Å². The Morgan fingerprint density at radius 1 is 1.09 bits per heavy atom. The molecule has 180 valence electrons. The Labute approximate surface area is 198 Å². The Balaban J connectivity index is 1.35. The highest BCUT2D eigenvalue weighted by molar-refractivity contribution is 5.81. The van der Waals surface area contributed by atoms with Crippen molar-refractivity contribution < 1.29 is 29.0 Å². The third-order valence-electron chi connectivity index (χ3n) is 6.34. The van der Waals surface area contributed by atoms with Crippen LogP contribution < -0.4 is 5.32 Å². The van der Waals surface area contributed by atoms with Crippen LogP contribution in [0.2, 0.25) is 0 Å². The summed E-state index contributed by atoms with van der Waals surface area (Å²) in [5.74, 6) is -1.25. The molecule has 0 spiro atoms. The number of nitrogens with zero attached hydrogens (tertiary/aromatic N) is 1. The fourth-order valence-corrected chi connectivity index (χ4v) is 4.79. The topological polar surface area (TPSA) is 105 Å². The highest BCUT2D eigenvalue weighted by Gasteiger charge is 2.34. The molecule has 2 aliphatic rings. The minimum atomic E-state index is -0.982. The molecule has 1 aliphatic carbocycles. The van der Waals surface area contributed by atoms with E-state index in [1.165, 1.54) is 0 Å². The van der Waals surface area contributed by atoms with Crippen molar-refractivity contribution in [2.24, 2.45) is 0 Å². The number of carbonyl (C=O) groups excluding carboxylic acids is 2. The second kappa shape index (κ2) is 9.85. The number of hydrogen-bond acceptors (Lipinski definition) is 5. The molecule has 8 nitrogen and oxygen atoms in total. The van der Waals surface area contributed by atoms with Gasteiger partial charge in [0.1, 0.15) is 6.61 Å². The van der Waals surface area contributed by atoms with E-state index >= 15 is 0 Å². The average molecular weight is 467 g/mol. The molecule has 1 atom stereocenters. The van der Waals surface area contributed by atoms with Gasteiger partial charge in [0.05, 0.1) is 25.7 Å². The summed E-state index contributed by atoms with van der Waals surface area (Å²) in [5, 5.41) is 11.9. The van der Waals surface area contributed by atoms with Crippen LogP contribution in [0.15, 0.2) is 48.5 Å². The molecule has 1 heterocycles. The number of rotatable bonds is 7. The van der Waals surface area contributed by atoms with E-state index in [9.17, 15) is 14.4 Å². The predicted molar refractivity (Wildman–Crippen MR) is 125 cm³/mol. The van der Waals surface area contributed by atoms with Crippen molar-refractivity contribution in [2.45, 2.75) is 44.2 Å². The van der Waals surface area contributed by atoms with Gasteiger partial charge in [-0.05, 0) is 36.1 Å². The fraction of sp³-hybridized carbons (Fsp3) is 0.423. The van der Waals surface area contributed by atoms with E-state index in [4.69, 9.17) is 14.6 Å². The number of nitrogens with one attached hydrogen (secondary N) is 1. The molecule has 0 radical (unpaired) electrons. The molecule has 2 aromatic rings. The van der Waals surface area contributed by atoms with Gasteiger partial charge < -0.3 is 24.8 Å². The summed E-state index contributed by atoms with van der Waals surface area (Å²) in [6.45, 7) is 4.57. The maximum Gasteiger partial charge on any atom is 0.407 e. The second-order valence-electron chi connectivity index (χ2n) is 9.42. The molecule has 1 fully saturated rings. The summed E-state index contributed by atoms with van der Waals surface area (Å²) in [7, 11) is 0. The molecule has 0 bridgehead atoms. The van der Waals surface area contributed by atoms with Crippen LogP contribution in [0.3, 0.4) is 0 Å². The first-order valence-corrected chi connectivity index (χ1v) is 11.5. The van der Waals surface area contributed by atoms with E-state index in [0.717, 1.165) is 22.3 Å². The number of alkyl carbamates (subject to hydrolysis) is 1. The van der Waals surface area contributed by atoms with Crippen LogP contribution in [0.1, 0.15) is 43.7 Å². The van der Waals surface area contributed by atoms with Crippen molar-refractivity contribution in [3.8, 4) is 11.1 Å². The van der Waals surface area contributed by atoms with Crippen molar-refractivity contribution in [1.29, 1.82) is 0 Å². The van der Waals surface area contributed by atoms with Crippen molar-refractivity contribution in [1.82, 2.24) is 10.2 Å². The molecule has 0 saturated carbocycles. The lowest BCUT2D eigenvalue weighted by atomic mass is 9.98. The SMILES string of the molecule is CC(C)(CC(=O)N1CCOCC1CC(=O)O)NC(=O)OCC1c2ccccc2-c2ccccc21. The van der Waals surface area contributed by atoms with E-state index in [1.54, 1.807) is 18.7 Å². The molecule has 0 aromatic heterocycles. The molecular weight excluding hydrogens is 436 g/mol. The monoisotopic (exact) mass is 466 g/mol. The smallest absolute Gasteiger partial charge is 0.407 e. The Hall–Kier alpha value is -3.39. The fourth-order valence-electron chi connectivity index (χ4n) is 4.79. The van der Waals surface area contributed by atoms with Crippen LogP contribution in [0.4, 0.5) is 4.79 Å². The average Bonchev–Trinajstić information content (AvgIpc) is 3.11. The zero-order chi connectivity index (χ0) is 24.3. The van der Waals surface area contributed by atoms with Crippen LogP contribution in [0.25, 0.3) is 11.1 Å². The van der Waals surface area contributed by atoms with Crippen molar-refractivity contribution in [3.05, 3.63) is 59.7 Å². The van der Waals surface area contributed by atoms with Gasteiger partial charge in [-0.2, -0.15) is 0 Å². The first-order chi connectivity index (χ1) is 16.2. The van der Waals surface area contributed by atoms with Crippen LogP contribution >= 0.6 is 0 Å². The van der Waals surface area contributed by atoms with E-state index < -0.39 is 23.6 Å². The normalized spacial score (nSPS) is 17.6. The predicted octanol–water partition coefficient (Wildman–Crippen LogP) is 3.40. The highest BCUT2D eigenvalue weighted by Crippen LogP contribution is 2.44. The molecular formula is C26H30N2O6. The largest absolute Gasteiger partial charge is 0.481 e. The molecule has 1 saturated heterocycles. The van der Waals surface area contributed by atoms with Gasteiger partial charge in [0.2, 0.25) is 5.91 Å². The van der Waals surface area contributed by atoms with E-state index in [0.29, 0.717) is 13.2 Å². The number of carboxylic acid groups (broad SMARTS) is 1. The molecule has 1 unspecified atom stereocenters. The van der Waals surface area contributed by atoms with Crippen molar-refractivity contribution >= 4 is 18.0 Å². The Morgan fingerprint density at radius 2 is 1.71 bits per heavy atom. The summed E-state index contributed by atoms with van der Waals surface area (Å²) in [5.41, 5.74) is 3.69. The molecule has 4 rings (SSSR count). The second-order valence-corrected chi connectivity index (χ2v) is 9.42. The quantitative estimate of drug-likeness (QED) is 0.648. The van der Waals surface area contributed by atoms with E-state index in [2.05, 4.69) is 29.6 Å². The van der Waals surface area contributed by atoms with E-state index in [1.807, 2.05) is 24.3 Å². The van der Waals surface area contributed by atoms with Gasteiger partial charge >= 0.3 is 12.1 Å². The Bertz CT molecular complexity index is 1040. The number of benzene rings is 2. The zero-order valence-corrected chi connectivity index (χ0v) is 19.5. The third kappa shape index (κ3) is 5.22. The first kappa shape index (κ1) is 23.8. The highest BCUT2D eigenvalue weighted by atomic mass is 16.5. The molecule has 2 N–H and O–H groups in total. The van der Waals surface area contributed by atoms with Crippen molar-refractivity contribution in [3.63, 3.8) is 0 Å². The van der Waals surface area contributed by atoms with Crippen LogP contribution in [-0.4, -0.2) is 65.9 Å². The number of fused-ring (bicyclic) bond motifs is 3. The van der Waals surface area contributed by atoms with Gasteiger partial charge in [-0.25, -0.2) is 4.79 Å². The Kier molecular flexibility index (Phi) is 6.88. The number of aliphatic carboxylic acids is 1. The summed E-state index contributed by atoms with van der Waals surface area (Å²) < 4.78 is 10.9. The number of hydrogen-bond donors (Lipinski definition) is 2. The number of morpholine rings is 1. The zero-order valence-electron chi connectivity index (χ0n) is 19.5. The summed E-state index contributed by atoms with van der Waals surface area (Å²) in [6, 6.07) is 15.7. The molecule has 2 amide bonds. The minimum absolute atomic E-state index is 0.0211. The number of carboxylic acids is 1. The molecule has 1 aliphatic heterocycles. The van der Waals surface area contributed by atoms with Crippen LogP contribution in [0, 0.1) is 0 Å². The maximum absolute atomic E-state index is 12.9. The van der Waals surface area contributed by atoms with Gasteiger partial charge in [0.15, 0.2) is 0 Å². The lowest BCUT2D eigenvalue weighted by Gasteiger charge is -2.37. The number of ether oxygens (including phenoxy) is 2. The Morgan fingerprint density at radius 3 is 2.32 bits per heavy atom. The van der Waals surface area contributed by atoms with Gasteiger partial charge in [-0.1, -0.05) is 48.5 Å². The van der Waals surface area contributed by atoms with Crippen LogP contribution in [-0.2, 0) is 19.1 Å². The summed E-state index contributed by atoms with van der Waals surface area (Å²) in [6.07, 6.45) is -0.747. The standard InChI is InChI=1S/C26H30N2O6/c1-26(2,14-23(29)28-11-12-33-15-17(28)13-24(30)31)27-25(32)34-16-22-20-9-5-3-7-18(20)19-8-4-6-10-21(19)22/h3-10,17,22H,11-16H2,1-2H3,(H,27,32)(H,30,31). The number of carbonyl (C=O) groups is 3. The van der Waals surface area contributed by atoms with Gasteiger partial charge in [0, 0.05) is 24.4 Å².